The number of fused-ring (bicyclic) bond motifs is 2. The van der Waals surface area contributed by atoms with Gasteiger partial charge in [0.2, 0.25) is 0 Å². The van der Waals surface area contributed by atoms with E-state index in [4.69, 9.17) is 5.73 Å². The van der Waals surface area contributed by atoms with Crippen LogP contribution in [0.1, 0.15) is 70.1 Å². The summed E-state index contributed by atoms with van der Waals surface area (Å²) in [4.78, 5) is 42.9. The van der Waals surface area contributed by atoms with E-state index in [2.05, 4.69) is 20.5 Å². The number of alkyl halides is 3. The highest BCUT2D eigenvalue weighted by Crippen LogP contribution is 2.38. The van der Waals surface area contributed by atoms with Gasteiger partial charge in [-0.3, -0.25) is 14.4 Å². The number of carbonyl (C=O) groups is 3. The summed E-state index contributed by atoms with van der Waals surface area (Å²) in [7, 11) is 0. The number of pyridine rings is 1. The minimum absolute atomic E-state index is 0.0170. The second-order valence-corrected chi connectivity index (χ2v) is 9.31. The molecule has 3 heterocycles. The Morgan fingerprint density at radius 3 is 2.31 bits per heavy atom. The van der Waals surface area contributed by atoms with Crippen molar-refractivity contribution in [1.29, 1.82) is 0 Å². The number of carbonyl (C=O) groups excluding carboxylic acids is 3. The van der Waals surface area contributed by atoms with Crippen LogP contribution in [0.4, 0.5) is 24.7 Å². The number of hydrogen-bond donors (Lipinski definition) is 3. The van der Waals surface area contributed by atoms with Crippen LogP contribution >= 0.6 is 0 Å². The number of nitrogens with two attached hydrogens (primary N) is 1. The van der Waals surface area contributed by atoms with Gasteiger partial charge in [0.05, 0.1) is 12.0 Å². The third-order valence-electron chi connectivity index (χ3n) is 6.76. The fourth-order valence-corrected chi connectivity index (χ4v) is 5.07. The van der Waals surface area contributed by atoms with E-state index >= 15 is 0 Å². The Kier molecular flexibility index (Phi) is 7.18. The van der Waals surface area contributed by atoms with Crippen molar-refractivity contribution in [3.8, 4) is 0 Å². The fourth-order valence-electron chi connectivity index (χ4n) is 5.07. The van der Waals surface area contributed by atoms with Crippen LogP contribution in [-0.4, -0.2) is 53.4 Å². The summed E-state index contributed by atoms with van der Waals surface area (Å²) >= 11 is 0. The number of anilines is 2. The average molecular weight is 504 g/mol. The summed E-state index contributed by atoms with van der Waals surface area (Å²) in [6.07, 6.45) is -0.491. The van der Waals surface area contributed by atoms with Crippen LogP contribution in [0.25, 0.3) is 0 Å². The molecule has 2 aliphatic rings. The molecule has 36 heavy (non-hydrogen) atoms. The predicted octanol–water partition coefficient (Wildman–Crippen LogP) is 3.68. The number of aromatic nitrogens is 1. The Hall–Kier alpha value is -3.63. The summed E-state index contributed by atoms with van der Waals surface area (Å²) in [5.41, 5.74) is 6.24. The van der Waals surface area contributed by atoms with Gasteiger partial charge in [-0.25, -0.2) is 4.98 Å². The van der Waals surface area contributed by atoms with Gasteiger partial charge in [0.15, 0.2) is 5.78 Å². The first-order chi connectivity index (χ1) is 17.0. The van der Waals surface area contributed by atoms with Crippen LogP contribution in [-0.2, 0) is 0 Å². The van der Waals surface area contributed by atoms with Crippen molar-refractivity contribution >= 4 is 29.1 Å². The van der Waals surface area contributed by atoms with Crippen LogP contribution in [0.15, 0.2) is 36.5 Å². The molecule has 2 fully saturated rings. The standard InChI is InChI=1S/C25H28F3N5O3/c1-14(34)16-3-7-22(31-13-16)33-18-4-5-19(33)12-17(11-18)32-24(36)15-2-6-20(23(29)35)21(10-15)30-9-8-25(26,27)28/h2-3,6-7,10,13,17-19,30H,4-5,8-9,11-12H2,1H3,(H2,29,35)(H,32,36)/t17-,18+,19-. The summed E-state index contributed by atoms with van der Waals surface area (Å²) in [5, 5.41) is 5.61. The normalized spacial score (nSPS) is 21.2. The Morgan fingerprint density at radius 1 is 1.08 bits per heavy atom. The van der Waals surface area contributed by atoms with Crippen molar-refractivity contribution in [3.05, 3.63) is 53.2 Å². The predicted molar refractivity (Wildman–Crippen MR) is 128 cm³/mol. The molecular weight excluding hydrogens is 475 g/mol. The maximum Gasteiger partial charge on any atom is 0.390 e. The molecule has 0 unspecified atom stereocenters. The van der Waals surface area contributed by atoms with Gasteiger partial charge in [0.25, 0.3) is 11.8 Å². The zero-order valence-corrected chi connectivity index (χ0v) is 19.8. The molecule has 0 radical (unpaired) electrons. The number of ketones is 1. The van der Waals surface area contributed by atoms with E-state index in [1.807, 2.05) is 6.07 Å². The molecule has 1 aromatic carbocycles. The molecule has 11 heteroatoms. The van der Waals surface area contributed by atoms with Crippen molar-refractivity contribution in [1.82, 2.24) is 10.3 Å². The molecule has 192 valence electrons. The maximum atomic E-state index is 13.0. The highest BCUT2D eigenvalue weighted by Gasteiger charge is 2.41. The van der Waals surface area contributed by atoms with Crippen molar-refractivity contribution in [3.63, 3.8) is 0 Å². The largest absolute Gasteiger partial charge is 0.390 e. The molecule has 8 nitrogen and oxygen atoms in total. The fraction of sp³-hybridized carbons (Fsp3) is 0.440. The van der Waals surface area contributed by atoms with Gasteiger partial charge in [0.1, 0.15) is 5.82 Å². The second kappa shape index (κ2) is 10.2. The molecular formula is C25H28F3N5O3. The number of primary amides is 1. The van der Waals surface area contributed by atoms with Crippen LogP contribution < -0.4 is 21.3 Å². The second-order valence-electron chi connectivity index (χ2n) is 9.31. The quantitative estimate of drug-likeness (QED) is 0.473. The highest BCUT2D eigenvalue weighted by atomic mass is 19.4. The van der Waals surface area contributed by atoms with Crippen LogP contribution in [0, 0.1) is 0 Å². The van der Waals surface area contributed by atoms with Crippen molar-refractivity contribution in [2.45, 2.75) is 63.3 Å². The first-order valence-electron chi connectivity index (χ1n) is 11.8. The molecule has 0 spiro atoms. The van der Waals surface area contributed by atoms with Gasteiger partial charge in [-0.1, -0.05) is 0 Å². The lowest BCUT2D eigenvalue weighted by molar-refractivity contribution is -0.131. The van der Waals surface area contributed by atoms with E-state index < -0.39 is 25.0 Å². The Bertz CT molecular complexity index is 1140. The van der Waals surface area contributed by atoms with E-state index in [1.54, 1.807) is 12.3 Å². The van der Waals surface area contributed by atoms with Crippen LogP contribution in [0.5, 0.6) is 0 Å². The van der Waals surface area contributed by atoms with E-state index in [0.29, 0.717) is 18.4 Å². The minimum Gasteiger partial charge on any atom is -0.384 e. The topological polar surface area (TPSA) is 117 Å². The molecule has 2 amide bonds. The first kappa shape index (κ1) is 25.5. The molecule has 3 atom stereocenters. The first-order valence-corrected chi connectivity index (χ1v) is 11.8. The molecule has 4 rings (SSSR count). The summed E-state index contributed by atoms with van der Waals surface area (Å²) in [6, 6.07) is 8.08. The van der Waals surface area contributed by atoms with Gasteiger partial charge >= 0.3 is 6.18 Å². The SMILES string of the molecule is CC(=O)c1ccc(N2[C@@H]3CC[C@H]2C[C@@H](NC(=O)c2ccc(C(N)=O)c(NCCC(F)(F)F)c2)C3)nc1. The lowest BCUT2D eigenvalue weighted by atomic mass is 9.96. The van der Waals surface area contributed by atoms with E-state index in [9.17, 15) is 27.6 Å². The van der Waals surface area contributed by atoms with Gasteiger partial charge in [-0.2, -0.15) is 13.2 Å². The number of halogens is 3. The van der Waals surface area contributed by atoms with Gasteiger partial charge in [-0.15, -0.1) is 0 Å². The molecule has 2 aliphatic heterocycles. The number of amides is 2. The number of benzene rings is 1. The lowest BCUT2D eigenvalue weighted by Crippen LogP contribution is -2.50. The zero-order valence-electron chi connectivity index (χ0n) is 19.8. The third kappa shape index (κ3) is 5.77. The lowest BCUT2D eigenvalue weighted by Gasteiger charge is -2.40. The smallest absolute Gasteiger partial charge is 0.384 e. The average Bonchev–Trinajstić information content (AvgIpc) is 3.08. The molecule has 0 saturated carbocycles. The number of piperidine rings is 1. The molecule has 2 aromatic rings. The third-order valence-corrected chi connectivity index (χ3v) is 6.76. The number of Topliss-reactive ketones (excluding diaryl/α,β-unsaturated/α-hetero) is 1. The number of hydrogen-bond acceptors (Lipinski definition) is 6. The van der Waals surface area contributed by atoms with Crippen LogP contribution in [0.3, 0.4) is 0 Å². The Morgan fingerprint density at radius 2 is 1.75 bits per heavy atom. The van der Waals surface area contributed by atoms with Gasteiger partial charge in [0, 0.05) is 47.7 Å². The number of nitrogens with one attached hydrogen (secondary N) is 2. The highest BCUT2D eigenvalue weighted by molar-refractivity contribution is 6.02. The molecule has 0 aliphatic carbocycles. The molecule has 2 bridgehead atoms. The zero-order chi connectivity index (χ0) is 26.0. The number of nitrogens with zero attached hydrogens (tertiary/aromatic N) is 2. The molecule has 4 N–H and O–H groups in total. The minimum atomic E-state index is -4.35. The molecule has 1 aromatic heterocycles. The van der Waals surface area contributed by atoms with Crippen molar-refractivity contribution in [2.75, 3.05) is 16.8 Å². The molecule has 2 saturated heterocycles. The monoisotopic (exact) mass is 503 g/mol. The Balaban J connectivity index is 1.42. The van der Waals surface area contributed by atoms with E-state index in [1.165, 1.54) is 25.1 Å². The van der Waals surface area contributed by atoms with Crippen molar-refractivity contribution in [2.24, 2.45) is 5.73 Å². The summed E-state index contributed by atoms with van der Waals surface area (Å²) < 4.78 is 37.6. The summed E-state index contributed by atoms with van der Waals surface area (Å²) in [6.45, 7) is 1.05. The van der Waals surface area contributed by atoms with E-state index in [0.717, 1.165) is 18.7 Å². The maximum absolute atomic E-state index is 13.0. The van der Waals surface area contributed by atoms with Crippen LogP contribution in [0.2, 0.25) is 0 Å². The van der Waals surface area contributed by atoms with Crippen molar-refractivity contribution < 1.29 is 27.6 Å². The Labute approximate surface area is 206 Å². The van der Waals surface area contributed by atoms with E-state index in [-0.39, 0.29) is 46.6 Å². The van der Waals surface area contributed by atoms with Gasteiger partial charge < -0.3 is 21.3 Å². The summed E-state index contributed by atoms with van der Waals surface area (Å²) in [5.74, 6) is -0.396. The number of rotatable bonds is 8. The van der Waals surface area contributed by atoms with Gasteiger partial charge in [-0.05, 0) is 62.9 Å².